The monoisotopic (exact) mass is 136 g/mol. The van der Waals surface area contributed by atoms with Crippen LogP contribution in [0.5, 0.6) is 0 Å². The summed E-state index contributed by atoms with van der Waals surface area (Å²) in [7, 11) is 1.21. The fourth-order valence-electron chi connectivity index (χ4n) is 0. The predicted molar refractivity (Wildman–Crippen MR) is 41.4 cm³/mol. The summed E-state index contributed by atoms with van der Waals surface area (Å²) in [5, 5.41) is 0.444. The number of hydrogen-bond acceptors (Lipinski definition) is 0. The Labute approximate surface area is 54.8 Å². The van der Waals surface area contributed by atoms with Crippen molar-refractivity contribution in [3.8, 4) is 0 Å². The van der Waals surface area contributed by atoms with Crippen molar-refractivity contribution in [2.45, 2.75) is 18.9 Å². The molecule has 0 saturated carbocycles. The van der Waals surface area contributed by atoms with Gasteiger partial charge in [-0.2, -0.15) is 0 Å². The van der Waals surface area contributed by atoms with E-state index < -0.39 is 0 Å². The summed E-state index contributed by atoms with van der Waals surface area (Å²) in [6, 6.07) is 0. The van der Waals surface area contributed by atoms with Crippen LogP contribution in [0.25, 0.3) is 0 Å². The maximum Gasteiger partial charge on any atom is 0.0147 e. The van der Waals surface area contributed by atoms with Crippen molar-refractivity contribution in [2.75, 3.05) is 0 Å². The lowest BCUT2D eigenvalue weighted by molar-refractivity contribution is 0.864. The molecule has 0 heterocycles. The fourth-order valence-corrected chi connectivity index (χ4v) is 0. The first kappa shape index (κ1) is 10.3. The van der Waals surface area contributed by atoms with E-state index in [9.17, 15) is 0 Å². The van der Waals surface area contributed by atoms with Crippen molar-refractivity contribution in [3.63, 3.8) is 0 Å². The van der Waals surface area contributed by atoms with E-state index in [-0.39, 0.29) is 12.4 Å². The molecule has 0 aromatic rings. The average molecular weight is 137 g/mol. The maximum atomic E-state index is 3.67. The lowest BCUT2D eigenvalue weighted by atomic mass is 10.2. The molecule has 0 aromatic carbocycles. The Morgan fingerprint density at radius 3 is 1.71 bits per heavy atom. The van der Waals surface area contributed by atoms with Crippen molar-refractivity contribution in [1.29, 1.82) is 0 Å². The van der Waals surface area contributed by atoms with Crippen LogP contribution in [0.15, 0.2) is 12.7 Å². The largest absolute Gasteiger partial charge is 0.147 e. The summed E-state index contributed by atoms with van der Waals surface area (Å²) in [6.45, 7) is 8.04. The molecule has 0 unspecified atom stereocenters. The van der Waals surface area contributed by atoms with Gasteiger partial charge in [-0.15, -0.1) is 19.0 Å². The molecule has 2 heteroatoms. The maximum absolute atomic E-state index is 3.67. The van der Waals surface area contributed by atoms with E-state index in [0.717, 1.165) is 0 Å². The molecule has 0 aliphatic rings. The van der Waals surface area contributed by atoms with Gasteiger partial charge >= 0.3 is 0 Å². The highest BCUT2D eigenvalue weighted by Crippen LogP contribution is 2.17. The van der Waals surface area contributed by atoms with E-state index in [2.05, 4.69) is 20.4 Å². The zero-order valence-electron chi connectivity index (χ0n) is 5.19. The SMILES string of the molecule is C=CC(C)(C)[SiH3].Cl. The van der Waals surface area contributed by atoms with Gasteiger partial charge in [-0.25, -0.2) is 0 Å². The molecule has 0 atom stereocenters. The smallest absolute Gasteiger partial charge is 0.0147 e. The minimum Gasteiger partial charge on any atom is -0.147 e. The molecule has 0 saturated heterocycles. The summed E-state index contributed by atoms with van der Waals surface area (Å²) in [4.78, 5) is 0. The summed E-state index contributed by atoms with van der Waals surface area (Å²) >= 11 is 0. The third kappa shape index (κ3) is 10.7. The van der Waals surface area contributed by atoms with E-state index in [1.54, 1.807) is 0 Å². The highest BCUT2D eigenvalue weighted by Gasteiger charge is 1.99. The third-order valence-electron chi connectivity index (χ3n) is 0.612. The van der Waals surface area contributed by atoms with Gasteiger partial charge in [0.15, 0.2) is 0 Å². The normalized spacial score (nSPS) is 10.0. The van der Waals surface area contributed by atoms with Gasteiger partial charge in [0.25, 0.3) is 0 Å². The zero-order valence-corrected chi connectivity index (χ0v) is 8.01. The van der Waals surface area contributed by atoms with E-state index >= 15 is 0 Å². The number of hydrogen-bond donors (Lipinski definition) is 0. The standard InChI is InChI=1S/C5H12Si.ClH/c1-4-5(2,3)6;/h4H,1H2,2-3,6H3;1H. The van der Waals surface area contributed by atoms with Crippen LogP contribution in [0.3, 0.4) is 0 Å². The van der Waals surface area contributed by atoms with Crippen LogP contribution < -0.4 is 0 Å². The van der Waals surface area contributed by atoms with Crippen LogP contribution in [-0.2, 0) is 0 Å². The van der Waals surface area contributed by atoms with E-state index in [0.29, 0.717) is 5.04 Å². The molecule has 0 amide bonds. The van der Waals surface area contributed by atoms with E-state index in [4.69, 9.17) is 0 Å². The van der Waals surface area contributed by atoms with Crippen LogP contribution >= 0.6 is 12.4 Å². The van der Waals surface area contributed by atoms with E-state index in [1.807, 2.05) is 6.08 Å². The van der Waals surface area contributed by atoms with Crippen LogP contribution in [0.1, 0.15) is 13.8 Å². The zero-order chi connectivity index (χ0) is 5.21. The van der Waals surface area contributed by atoms with Crippen molar-refractivity contribution >= 4 is 22.6 Å². The second-order valence-corrected chi connectivity index (χ2v) is 5.15. The van der Waals surface area contributed by atoms with Gasteiger partial charge in [0.05, 0.1) is 0 Å². The molecule has 0 aliphatic carbocycles. The van der Waals surface area contributed by atoms with Gasteiger partial charge in [-0.1, -0.05) is 19.9 Å². The Morgan fingerprint density at radius 2 is 1.71 bits per heavy atom. The highest BCUT2D eigenvalue weighted by molar-refractivity contribution is 6.15. The van der Waals surface area contributed by atoms with Gasteiger partial charge in [0.1, 0.15) is 0 Å². The molecule has 0 rings (SSSR count). The first-order valence-corrected chi connectivity index (χ1v) is 3.20. The van der Waals surface area contributed by atoms with Crippen LogP contribution in [0, 0.1) is 0 Å². The fraction of sp³-hybridized carbons (Fsp3) is 0.600. The Bertz CT molecular complexity index is 53.6. The highest BCUT2D eigenvalue weighted by atomic mass is 35.5. The molecule has 0 fully saturated rings. The number of halogens is 1. The first-order valence-electron chi connectivity index (χ1n) is 2.20. The Kier molecular flexibility index (Phi) is 4.81. The number of allylic oxidation sites excluding steroid dienone is 1. The van der Waals surface area contributed by atoms with Crippen molar-refractivity contribution < 1.29 is 0 Å². The Hall–Kier alpha value is 0.247. The van der Waals surface area contributed by atoms with Gasteiger partial charge in [0, 0.05) is 10.2 Å². The second kappa shape index (κ2) is 3.27. The van der Waals surface area contributed by atoms with Crippen molar-refractivity contribution in [1.82, 2.24) is 0 Å². The van der Waals surface area contributed by atoms with Gasteiger partial charge in [-0.3, -0.25) is 0 Å². The lowest BCUT2D eigenvalue weighted by Gasteiger charge is -2.08. The molecule has 44 valence electrons. The summed E-state index contributed by atoms with van der Waals surface area (Å²) in [5.74, 6) is 0. The first-order chi connectivity index (χ1) is 2.56. The topological polar surface area (TPSA) is 0 Å². The second-order valence-electron chi connectivity index (χ2n) is 2.57. The number of rotatable bonds is 1. The van der Waals surface area contributed by atoms with Gasteiger partial charge < -0.3 is 0 Å². The summed E-state index contributed by atoms with van der Waals surface area (Å²) in [6.07, 6.45) is 2.00. The van der Waals surface area contributed by atoms with Crippen LogP contribution in [-0.4, -0.2) is 10.2 Å². The molecule has 0 radical (unpaired) electrons. The Balaban J connectivity index is 0. The molecule has 0 N–H and O–H groups in total. The molecule has 0 aliphatic heterocycles. The average Bonchev–Trinajstić information content (AvgIpc) is 1.35. The lowest BCUT2D eigenvalue weighted by Crippen LogP contribution is -1.93. The predicted octanol–water partition coefficient (Wildman–Crippen LogP) is 1.16. The molecule has 7 heavy (non-hydrogen) atoms. The minimum absolute atomic E-state index is 0. The van der Waals surface area contributed by atoms with E-state index in [1.165, 1.54) is 10.2 Å². The van der Waals surface area contributed by atoms with Crippen molar-refractivity contribution in [3.05, 3.63) is 12.7 Å². The quantitative estimate of drug-likeness (QED) is 0.375. The van der Waals surface area contributed by atoms with Gasteiger partial charge in [0.2, 0.25) is 0 Å². The van der Waals surface area contributed by atoms with Crippen molar-refractivity contribution in [2.24, 2.45) is 0 Å². The van der Waals surface area contributed by atoms with Crippen LogP contribution in [0.4, 0.5) is 0 Å². The Morgan fingerprint density at radius 1 is 1.57 bits per heavy atom. The summed E-state index contributed by atoms with van der Waals surface area (Å²) < 4.78 is 0. The molecule has 0 bridgehead atoms. The molecule has 0 nitrogen and oxygen atoms in total. The molecular formula is C5H13ClSi. The summed E-state index contributed by atoms with van der Waals surface area (Å²) in [5.41, 5.74) is 0. The molecule has 0 spiro atoms. The minimum atomic E-state index is 0. The third-order valence-corrected chi connectivity index (χ3v) is 1.02. The molecule has 0 aromatic heterocycles. The van der Waals surface area contributed by atoms with Crippen LogP contribution in [0.2, 0.25) is 5.04 Å². The molecular weight excluding hydrogens is 124 g/mol. The van der Waals surface area contributed by atoms with Gasteiger partial charge in [-0.05, 0) is 5.04 Å².